The van der Waals surface area contributed by atoms with E-state index in [9.17, 15) is 21.6 Å². The largest absolute Gasteiger partial charge is 0.370 e. The van der Waals surface area contributed by atoms with Crippen molar-refractivity contribution in [1.29, 1.82) is 0 Å². The molecular formula is C25H26Cl2N4O5S2. The summed E-state index contributed by atoms with van der Waals surface area (Å²) in [5.41, 5.74) is 1.000. The number of sulfonamides is 2. The van der Waals surface area contributed by atoms with Gasteiger partial charge in [0.1, 0.15) is 0 Å². The molecule has 202 valence electrons. The molecule has 0 bridgehead atoms. The first-order chi connectivity index (χ1) is 18.0. The van der Waals surface area contributed by atoms with Crippen molar-refractivity contribution < 1.29 is 21.6 Å². The lowest BCUT2D eigenvalue weighted by atomic mass is 10.1. The van der Waals surface area contributed by atoms with Gasteiger partial charge in [0.2, 0.25) is 15.9 Å². The van der Waals surface area contributed by atoms with E-state index in [0.29, 0.717) is 10.7 Å². The quantitative estimate of drug-likeness (QED) is 0.329. The van der Waals surface area contributed by atoms with E-state index in [4.69, 9.17) is 23.2 Å². The third-order valence-corrected chi connectivity index (χ3v) is 9.24. The Morgan fingerprint density at radius 3 is 2.21 bits per heavy atom. The van der Waals surface area contributed by atoms with Gasteiger partial charge >= 0.3 is 0 Å². The smallest absolute Gasteiger partial charge is 0.262 e. The molecule has 9 nitrogen and oxygen atoms in total. The number of benzene rings is 3. The summed E-state index contributed by atoms with van der Waals surface area (Å²) < 4.78 is 56.1. The Kier molecular flexibility index (Phi) is 8.84. The lowest BCUT2D eigenvalue weighted by Crippen LogP contribution is -2.34. The van der Waals surface area contributed by atoms with Crippen LogP contribution in [0.1, 0.15) is 19.3 Å². The molecule has 3 N–H and O–H groups in total. The van der Waals surface area contributed by atoms with E-state index in [1.807, 2.05) is 0 Å². The second kappa shape index (κ2) is 11.9. The fraction of sp³-hybridized carbons (Fsp3) is 0.240. The van der Waals surface area contributed by atoms with Crippen LogP contribution in [0.4, 0.5) is 17.1 Å². The molecule has 0 radical (unpaired) electrons. The first-order valence-corrected chi connectivity index (χ1v) is 15.5. The van der Waals surface area contributed by atoms with E-state index < -0.39 is 32.5 Å². The van der Waals surface area contributed by atoms with Gasteiger partial charge in [-0.3, -0.25) is 9.52 Å². The van der Waals surface area contributed by atoms with Crippen molar-refractivity contribution in [2.75, 3.05) is 34.6 Å². The summed E-state index contributed by atoms with van der Waals surface area (Å²) in [4.78, 5) is 14.8. The van der Waals surface area contributed by atoms with Crippen molar-refractivity contribution in [1.82, 2.24) is 4.72 Å². The number of carbonyl (C=O) groups is 1. The number of nitrogens with zero attached hydrogens (tertiary/aromatic N) is 1. The number of hydrogen-bond acceptors (Lipinski definition) is 6. The van der Waals surface area contributed by atoms with Crippen LogP contribution in [0.2, 0.25) is 10.0 Å². The Balaban J connectivity index is 1.59. The summed E-state index contributed by atoms with van der Waals surface area (Å²) in [6.45, 7) is 0.946. The maximum Gasteiger partial charge on any atom is 0.262 e. The van der Waals surface area contributed by atoms with Crippen molar-refractivity contribution in [3.05, 3.63) is 76.8 Å². The van der Waals surface area contributed by atoms with Crippen LogP contribution in [0.5, 0.6) is 0 Å². The molecule has 4 rings (SSSR count). The molecule has 38 heavy (non-hydrogen) atoms. The minimum absolute atomic E-state index is 0.0284. The summed E-state index contributed by atoms with van der Waals surface area (Å²) in [6, 6.07) is 16.5. The van der Waals surface area contributed by atoms with Crippen molar-refractivity contribution in [2.45, 2.75) is 29.1 Å². The summed E-state index contributed by atoms with van der Waals surface area (Å²) >= 11 is 12.1. The Labute approximate surface area is 232 Å². The topological polar surface area (TPSA) is 125 Å². The molecule has 1 saturated heterocycles. The molecule has 0 aromatic heterocycles. The third kappa shape index (κ3) is 6.97. The van der Waals surface area contributed by atoms with Gasteiger partial charge in [0, 0.05) is 18.1 Å². The number of amides is 1. The van der Waals surface area contributed by atoms with Gasteiger partial charge in [0.05, 0.1) is 38.4 Å². The van der Waals surface area contributed by atoms with E-state index in [2.05, 4.69) is 19.7 Å². The first-order valence-electron chi connectivity index (χ1n) is 11.8. The van der Waals surface area contributed by atoms with E-state index in [1.165, 1.54) is 42.5 Å². The number of hydrogen-bond donors (Lipinski definition) is 3. The van der Waals surface area contributed by atoms with Crippen molar-refractivity contribution in [3.63, 3.8) is 0 Å². The summed E-state index contributed by atoms with van der Waals surface area (Å²) in [5, 5.41) is 3.15. The predicted molar refractivity (Wildman–Crippen MR) is 150 cm³/mol. The highest BCUT2D eigenvalue weighted by molar-refractivity contribution is 7.92. The SMILES string of the molecule is O=C(CNS(=O)(=O)c1ccccc1)Nc1cc(S(=O)(=O)Nc2cc(Cl)ccc2Cl)ccc1N1CCCCC1. The third-order valence-electron chi connectivity index (χ3n) is 5.90. The van der Waals surface area contributed by atoms with Gasteiger partial charge in [0.25, 0.3) is 10.0 Å². The lowest BCUT2D eigenvalue weighted by Gasteiger charge is -2.31. The average molecular weight is 598 g/mol. The summed E-state index contributed by atoms with van der Waals surface area (Å²) in [6.07, 6.45) is 2.99. The van der Waals surface area contributed by atoms with Crippen LogP contribution in [-0.4, -0.2) is 42.4 Å². The molecular weight excluding hydrogens is 571 g/mol. The molecule has 3 aromatic rings. The molecule has 0 spiro atoms. The van der Waals surface area contributed by atoms with Crippen LogP contribution in [-0.2, 0) is 24.8 Å². The highest BCUT2D eigenvalue weighted by Crippen LogP contribution is 2.33. The molecule has 0 atom stereocenters. The lowest BCUT2D eigenvalue weighted by molar-refractivity contribution is -0.115. The van der Waals surface area contributed by atoms with Gasteiger partial charge < -0.3 is 10.2 Å². The molecule has 1 aliphatic heterocycles. The van der Waals surface area contributed by atoms with Gasteiger partial charge in [-0.05, 0) is 67.8 Å². The summed E-state index contributed by atoms with van der Waals surface area (Å²) in [5.74, 6) is -0.650. The minimum Gasteiger partial charge on any atom is -0.370 e. The molecule has 13 heteroatoms. The average Bonchev–Trinajstić information content (AvgIpc) is 2.90. The standard InChI is InChI=1S/C25H26Cl2N4O5S2/c26-18-9-11-21(27)22(15-18)30-38(35,36)20-10-12-24(31-13-5-2-6-14-31)23(16-20)29-25(32)17-28-37(33,34)19-7-3-1-4-8-19/h1,3-4,7-12,15-16,28,30H,2,5-6,13-14,17H2,(H,29,32). The second-order valence-electron chi connectivity index (χ2n) is 8.64. The van der Waals surface area contributed by atoms with Crippen LogP contribution in [0.15, 0.2) is 76.5 Å². The van der Waals surface area contributed by atoms with Gasteiger partial charge in [-0.1, -0.05) is 41.4 Å². The number of anilines is 3. The van der Waals surface area contributed by atoms with Crippen LogP contribution in [0.25, 0.3) is 0 Å². The van der Waals surface area contributed by atoms with Gasteiger partial charge in [0.15, 0.2) is 0 Å². The monoisotopic (exact) mass is 596 g/mol. The van der Waals surface area contributed by atoms with E-state index in [0.717, 1.165) is 32.4 Å². The number of rotatable bonds is 9. The highest BCUT2D eigenvalue weighted by Gasteiger charge is 2.22. The van der Waals surface area contributed by atoms with E-state index in [1.54, 1.807) is 24.3 Å². The van der Waals surface area contributed by atoms with E-state index in [-0.39, 0.29) is 26.2 Å². The Bertz CT molecular complexity index is 1530. The van der Waals surface area contributed by atoms with Crippen LogP contribution >= 0.6 is 23.2 Å². The normalized spacial score (nSPS) is 14.2. The number of nitrogens with one attached hydrogen (secondary N) is 3. The van der Waals surface area contributed by atoms with Crippen LogP contribution in [0.3, 0.4) is 0 Å². The zero-order chi connectivity index (χ0) is 27.3. The molecule has 1 heterocycles. The predicted octanol–water partition coefficient (Wildman–Crippen LogP) is 4.70. The zero-order valence-corrected chi connectivity index (χ0v) is 23.3. The fourth-order valence-corrected chi connectivity index (χ4v) is 6.50. The van der Waals surface area contributed by atoms with Crippen molar-refractivity contribution in [2.24, 2.45) is 0 Å². The molecule has 1 amide bonds. The molecule has 0 saturated carbocycles. The molecule has 3 aromatic carbocycles. The highest BCUT2D eigenvalue weighted by atomic mass is 35.5. The fourth-order valence-electron chi connectivity index (χ4n) is 4.01. The van der Waals surface area contributed by atoms with Crippen molar-refractivity contribution >= 4 is 66.2 Å². The Morgan fingerprint density at radius 1 is 0.789 bits per heavy atom. The summed E-state index contributed by atoms with van der Waals surface area (Å²) in [7, 11) is -8.01. The van der Waals surface area contributed by atoms with Crippen molar-refractivity contribution in [3.8, 4) is 0 Å². The maximum atomic E-state index is 13.2. The van der Waals surface area contributed by atoms with Gasteiger partial charge in [-0.2, -0.15) is 0 Å². The van der Waals surface area contributed by atoms with E-state index >= 15 is 0 Å². The second-order valence-corrected chi connectivity index (χ2v) is 12.9. The maximum absolute atomic E-state index is 13.2. The number of piperidine rings is 1. The Hall–Kier alpha value is -2.83. The van der Waals surface area contributed by atoms with Crippen LogP contribution < -0.4 is 19.7 Å². The first kappa shape index (κ1) is 28.2. The van der Waals surface area contributed by atoms with Crippen LogP contribution in [0, 0.1) is 0 Å². The minimum atomic E-state index is -4.10. The molecule has 0 aliphatic carbocycles. The van der Waals surface area contributed by atoms with Gasteiger partial charge in [-0.25, -0.2) is 21.6 Å². The Morgan fingerprint density at radius 2 is 1.50 bits per heavy atom. The number of halogens is 2. The molecule has 1 aliphatic rings. The molecule has 1 fully saturated rings. The van der Waals surface area contributed by atoms with Gasteiger partial charge in [-0.15, -0.1) is 0 Å². The zero-order valence-electron chi connectivity index (χ0n) is 20.2. The number of carbonyl (C=O) groups excluding carboxylic acids is 1. The molecule has 0 unspecified atom stereocenters.